The maximum atomic E-state index is 14.2. The number of carbonyl (C=O) groups is 2. The summed E-state index contributed by atoms with van der Waals surface area (Å²) < 4.78 is 16.9. The fraction of sp³-hybridized carbons (Fsp3) is 0.200. The molecule has 0 spiro atoms. The van der Waals surface area contributed by atoms with Gasteiger partial charge in [-0.05, 0) is 35.7 Å². The van der Waals surface area contributed by atoms with Crippen molar-refractivity contribution in [3.05, 3.63) is 90.5 Å². The van der Waals surface area contributed by atoms with Gasteiger partial charge in [-0.2, -0.15) is 0 Å². The number of rotatable bonds is 6. The van der Waals surface area contributed by atoms with Crippen LogP contribution in [0.5, 0.6) is 17.2 Å². The van der Waals surface area contributed by atoms with Gasteiger partial charge >= 0.3 is 0 Å². The molecule has 6 rings (SSSR count). The fourth-order valence-electron chi connectivity index (χ4n) is 5.53. The lowest BCUT2D eigenvalue weighted by Gasteiger charge is -2.30. The van der Waals surface area contributed by atoms with Crippen molar-refractivity contribution in [1.29, 1.82) is 0 Å². The van der Waals surface area contributed by atoms with Gasteiger partial charge in [-0.25, -0.2) is 9.96 Å². The van der Waals surface area contributed by atoms with Crippen molar-refractivity contribution >= 4 is 34.0 Å². The second kappa shape index (κ2) is 9.39. The highest BCUT2D eigenvalue weighted by Crippen LogP contribution is 2.53. The Morgan fingerprint density at radius 2 is 1.42 bits per heavy atom. The van der Waals surface area contributed by atoms with Crippen molar-refractivity contribution in [1.82, 2.24) is 0 Å². The zero-order valence-electron chi connectivity index (χ0n) is 21.2. The van der Waals surface area contributed by atoms with E-state index >= 15 is 0 Å². The summed E-state index contributed by atoms with van der Waals surface area (Å²) in [4.78, 5) is 35.6. The highest BCUT2D eigenvalue weighted by molar-refractivity contribution is 6.26. The zero-order valence-corrected chi connectivity index (χ0v) is 21.2. The van der Waals surface area contributed by atoms with Gasteiger partial charge in [0.15, 0.2) is 17.6 Å². The summed E-state index contributed by atoms with van der Waals surface area (Å²) in [5.41, 5.74) is 1.89. The summed E-state index contributed by atoms with van der Waals surface area (Å²) in [6.45, 7) is 0. The molecule has 2 aliphatic heterocycles. The minimum atomic E-state index is -1.01. The molecule has 38 heavy (non-hydrogen) atoms. The third kappa shape index (κ3) is 3.48. The monoisotopic (exact) mass is 510 g/mol. The molecule has 2 amide bonds. The molecule has 0 aliphatic carbocycles. The third-order valence-electron chi connectivity index (χ3n) is 7.19. The van der Waals surface area contributed by atoms with Gasteiger partial charge in [-0.1, -0.05) is 54.6 Å². The van der Waals surface area contributed by atoms with Crippen LogP contribution in [-0.4, -0.2) is 39.2 Å². The summed E-state index contributed by atoms with van der Waals surface area (Å²) in [5, 5.41) is 3.39. The van der Waals surface area contributed by atoms with Gasteiger partial charge in [-0.3, -0.25) is 14.4 Å². The maximum Gasteiger partial charge on any atom is 0.266 e. The first-order valence-electron chi connectivity index (χ1n) is 12.2. The van der Waals surface area contributed by atoms with E-state index in [1.807, 2.05) is 72.8 Å². The van der Waals surface area contributed by atoms with Crippen molar-refractivity contribution in [2.75, 3.05) is 31.3 Å². The Labute approximate surface area is 219 Å². The topological polar surface area (TPSA) is 77.5 Å². The van der Waals surface area contributed by atoms with Gasteiger partial charge in [0, 0.05) is 10.9 Å². The summed E-state index contributed by atoms with van der Waals surface area (Å²) in [6.07, 6.45) is -1.01. The SMILES string of the molecule is COc1ccc([C@@H]2[C@@H]3C(=O)N(c4cccc5ccccc45)C(=O)[C@@H]3ON2c2ccccc2)c(OC)c1OC. The van der Waals surface area contributed by atoms with Crippen LogP contribution in [0.15, 0.2) is 84.9 Å². The highest BCUT2D eigenvalue weighted by Gasteiger charge is 2.61. The number of para-hydroxylation sites is 1. The number of carbonyl (C=O) groups excluding carboxylic acids is 2. The second-order valence-electron chi connectivity index (χ2n) is 9.09. The van der Waals surface area contributed by atoms with Crippen LogP contribution in [-0.2, 0) is 14.4 Å². The molecule has 0 radical (unpaired) electrons. The van der Waals surface area contributed by atoms with E-state index < -0.39 is 24.0 Å². The number of hydrogen-bond donors (Lipinski definition) is 0. The summed E-state index contributed by atoms with van der Waals surface area (Å²) in [5.74, 6) is -0.275. The van der Waals surface area contributed by atoms with Crippen molar-refractivity contribution in [2.45, 2.75) is 12.1 Å². The van der Waals surface area contributed by atoms with Crippen molar-refractivity contribution < 1.29 is 28.6 Å². The second-order valence-corrected chi connectivity index (χ2v) is 9.09. The lowest BCUT2D eigenvalue weighted by molar-refractivity contribution is -0.126. The molecule has 0 unspecified atom stereocenters. The molecular weight excluding hydrogens is 484 g/mol. The van der Waals surface area contributed by atoms with E-state index in [-0.39, 0.29) is 5.91 Å². The number of imide groups is 1. The molecule has 3 atom stereocenters. The quantitative estimate of drug-likeness (QED) is 0.341. The van der Waals surface area contributed by atoms with Crippen molar-refractivity contribution in [3.63, 3.8) is 0 Å². The van der Waals surface area contributed by atoms with Crippen LogP contribution in [0.3, 0.4) is 0 Å². The molecule has 8 heteroatoms. The first-order chi connectivity index (χ1) is 18.6. The maximum absolute atomic E-state index is 14.2. The van der Waals surface area contributed by atoms with Crippen LogP contribution in [0.25, 0.3) is 10.8 Å². The number of amides is 2. The molecule has 4 aromatic carbocycles. The molecule has 2 aliphatic rings. The smallest absolute Gasteiger partial charge is 0.266 e. The molecule has 2 saturated heterocycles. The van der Waals surface area contributed by atoms with Gasteiger partial charge in [0.25, 0.3) is 5.91 Å². The number of nitrogens with zero attached hydrogens (tertiary/aromatic N) is 2. The number of ether oxygens (including phenoxy) is 3. The molecule has 0 aromatic heterocycles. The van der Waals surface area contributed by atoms with Gasteiger partial charge in [0.1, 0.15) is 12.0 Å². The number of methoxy groups -OCH3 is 3. The number of hydroxylamine groups is 1. The standard InChI is InChI=1S/C30H26N2O6/c1-35-23-17-16-21(26(36-2)27(23)37-3)25-24-28(38-32(25)19-12-5-4-6-13-19)30(34)31(29(24)33)22-15-9-11-18-10-7-8-14-20(18)22/h4-17,24-25,28H,1-3H3/t24-,25+,28+/m0/s1. The van der Waals surface area contributed by atoms with E-state index in [0.29, 0.717) is 34.2 Å². The van der Waals surface area contributed by atoms with E-state index in [2.05, 4.69) is 0 Å². The number of anilines is 2. The van der Waals surface area contributed by atoms with Crippen LogP contribution in [0, 0.1) is 5.92 Å². The minimum Gasteiger partial charge on any atom is -0.493 e. The van der Waals surface area contributed by atoms with Crippen molar-refractivity contribution in [3.8, 4) is 17.2 Å². The predicted molar refractivity (Wildman–Crippen MR) is 143 cm³/mol. The third-order valence-corrected chi connectivity index (χ3v) is 7.19. The lowest BCUT2D eigenvalue weighted by atomic mass is 9.89. The molecular formula is C30H26N2O6. The Morgan fingerprint density at radius 3 is 2.16 bits per heavy atom. The van der Waals surface area contributed by atoms with E-state index in [4.69, 9.17) is 19.0 Å². The molecule has 4 aromatic rings. The Bertz CT molecular complexity index is 1530. The summed E-state index contributed by atoms with van der Waals surface area (Å²) in [6, 6.07) is 25.6. The van der Waals surface area contributed by atoms with E-state index in [0.717, 1.165) is 10.8 Å². The molecule has 2 heterocycles. The number of hydrogen-bond acceptors (Lipinski definition) is 7. The average molecular weight is 511 g/mol. The first kappa shape index (κ1) is 23.8. The Hall–Kier alpha value is -4.56. The number of benzene rings is 4. The van der Waals surface area contributed by atoms with Crippen LogP contribution in [0.1, 0.15) is 11.6 Å². The van der Waals surface area contributed by atoms with Crippen molar-refractivity contribution in [2.24, 2.45) is 5.92 Å². The lowest BCUT2D eigenvalue weighted by Crippen LogP contribution is -2.37. The van der Waals surface area contributed by atoms with Crippen LogP contribution in [0.4, 0.5) is 11.4 Å². The summed E-state index contributed by atoms with van der Waals surface area (Å²) >= 11 is 0. The van der Waals surface area contributed by atoms with Gasteiger partial charge in [-0.15, -0.1) is 0 Å². The molecule has 2 fully saturated rings. The van der Waals surface area contributed by atoms with Crippen LogP contribution in [0.2, 0.25) is 0 Å². The van der Waals surface area contributed by atoms with E-state index in [9.17, 15) is 9.59 Å². The molecule has 0 N–H and O–H groups in total. The summed E-state index contributed by atoms with van der Waals surface area (Å²) in [7, 11) is 4.60. The normalized spacial score (nSPS) is 20.7. The molecule has 0 bridgehead atoms. The number of fused-ring (bicyclic) bond motifs is 2. The fourth-order valence-corrected chi connectivity index (χ4v) is 5.53. The first-order valence-corrected chi connectivity index (χ1v) is 12.2. The molecule has 0 saturated carbocycles. The largest absolute Gasteiger partial charge is 0.493 e. The van der Waals surface area contributed by atoms with Crippen LogP contribution < -0.4 is 24.2 Å². The average Bonchev–Trinajstić information content (AvgIpc) is 3.47. The minimum absolute atomic E-state index is 0.336. The Balaban J connectivity index is 1.51. The van der Waals surface area contributed by atoms with Gasteiger partial charge < -0.3 is 14.2 Å². The molecule has 8 nitrogen and oxygen atoms in total. The van der Waals surface area contributed by atoms with E-state index in [1.54, 1.807) is 24.3 Å². The van der Waals surface area contributed by atoms with E-state index in [1.165, 1.54) is 19.1 Å². The predicted octanol–water partition coefficient (Wildman–Crippen LogP) is 4.92. The Kier molecular flexibility index (Phi) is 5.88. The van der Waals surface area contributed by atoms with Crippen LogP contribution >= 0.6 is 0 Å². The molecule has 192 valence electrons. The zero-order chi connectivity index (χ0) is 26.4. The van der Waals surface area contributed by atoms with Gasteiger partial charge in [0.2, 0.25) is 11.7 Å². The Morgan fingerprint density at radius 1 is 0.711 bits per heavy atom. The van der Waals surface area contributed by atoms with Gasteiger partial charge in [0.05, 0.1) is 32.7 Å². The highest BCUT2D eigenvalue weighted by atomic mass is 16.7.